The van der Waals surface area contributed by atoms with E-state index >= 15 is 0 Å². The van der Waals surface area contributed by atoms with Crippen LogP contribution in [0.15, 0.2) is 24.3 Å². The highest BCUT2D eigenvalue weighted by Crippen LogP contribution is 2.21. The molecule has 0 aliphatic carbocycles. The second-order valence-corrected chi connectivity index (χ2v) is 7.16. The number of halogens is 1. The van der Waals surface area contributed by atoms with Crippen molar-refractivity contribution >= 4 is 39.9 Å². The summed E-state index contributed by atoms with van der Waals surface area (Å²) in [6, 6.07) is 7.25. The fourth-order valence-corrected chi connectivity index (χ4v) is 3.67. The van der Waals surface area contributed by atoms with E-state index in [1.54, 1.807) is 19.2 Å². The predicted octanol–water partition coefficient (Wildman–Crippen LogP) is 2.14. The van der Waals surface area contributed by atoms with E-state index in [-0.39, 0.29) is 5.91 Å². The average molecular weight is 396 g/mol. The van der Waals surface area contributed by atoms with Gasteiger partial charge in [0.2, 0.25) is 11.0 Å². The van der Waals surface area contributed by atoms with E-state index in [1.165, 1.54) is 11.5 Å². The quantitative estimate of drug-likeness (QED) is 0.774. The Morgan fingerprint density at radius 2 is 2.08 bits per heavy atom. The minimum Gasteiger partial charge on any atom is -0.384 e. The number of para-hydroxylation sites is 1. The number of benzene rings is 1. The van der Waals surface area contributed by atoms with Gasteiger partial charge in [0.1, 0.15) is 5.82 Å². The van der Waals surface area contributed by atoms with E-state index in [1.807, 2.05) is 12.1 Å². The van der Waals surface area contributed by atoms with Crippen molar-refractivity contribution in [1.82, 2.24) is 14.3 Å². The number of aromatic nitrogens is 2. The van der Waals surface area contributed by atoms with Crippen LogP contribution in [-0.2, 0) is 16.0 Å². The summed E-state index contributed by atoms with van der Waals surface area (Å²) >= 11 is 7.50. The average Bonchev–Trinajstić information content (AvgIpc) is 3.11. The van der Waals surface area contributed by atoms with Crippen molar-refractivity contribution in [1.29, 1.82) is 0 Å². The Balaban J connectivity index is 1.45. The molecular formula is C17H22ClN5O2S. The highest BCUT2D eigenvalue weighted by molar-refractivity contribution is 7.09. The molecule has 1 N–H and O–H groups in total. The van der Waals surface area contributed by atoms with Gasteiger partial charge in [0.25, 0.3) is 0 Å². The van der Waals surface area contributed by atoms with Crippen LogP contribution >= 0.6 is 23.1 Å². The smallest absolute Gasteiger partial charge is 0.238 e. The van der Waals surface area contributed by atoms with Crippen LogP contribution in [0.3, 0.4) is 0 Å². The molecular weight excluding hydrogens is 374 g/mol. The van der Waals surface area contributed by atoms with E-state index in [2.05, 4.69) is 24.5 Å². The summed E-state index contributed by atoms with van der Waals surface area (Å²) in [7, 11) is 1.67. The molecule has 1 amide bonds. The van der Waals surface area contributed by atoms with E-state index in [0.717, 1.165) is 43.6 Å². The number of anilines is 2. The molecule has 0 atom stereocenters. The fraction of sp³-hybridized carbons (Fsp3) is 0.471. The van der Waals surface area contributed by atoms with Crippen molar-refractivity contribution in [3.63, 3.8) is 0 Å². The zero-order valence-electron chi connectivity index (χ0n) is 14.7. The summed E-state index contributed by atoms with van der Waals surface area (Å²) in [5.74, 6) is 0.776. The third kappa shape index (κ3) is 5.14. The van der Waals surface area contributed by atoms with Crippen LogP contribution in [0, 0.1) is 0 Å². The van der Waals surface area contributed by atoms with E-state index in [4.69, 9.17) is 16.3 Å². The van der Waals surface area contributed by atoms with Crippen LogP contribution in [0.1, 0.15) is 5.82 Å². The molecule has 7 nitrogen and oxygen atoms in total. The van der Waals surface area contributed by atoms with Gasteiger partial charge in [0, 0.05) is 51.2 Å². The van der Waals surface area contributed by atoms with Gasteiger partial charge in [0.15, 0.2) is 0 Å². The number of rotatable bonds is 7. The van der Waals surface area contributed by atoms with Crippen molar-refractivity contribution in [2.75, 3.05) is 56.7 Å². The minimum atomic E-state index is -0.0516. The van der Waals surface area contributed by atoms with Crippen LogP contribution in [-0.4, -0.2) is 66.6 Å². The maximum absolute atomic E-state index is 12.2. The maximum atomic E-state index is 12.2. The van der Waals surface area contributed by atoms with Gasteiger partial charge in [-0.15, -0.1) is 0 Å². The van der Waals surface area contributed by atoms with Crippen LogP contribution in [0.25, 0.3) is 0 Å². The van der Waals surface area contributed by atoms with E-state index in [9.17, 15) is 4.79 Å². The monoisotopic (exact) mass is 395 g/mol. The first-order valence-corrected chi connectivity index (χ1v) is 9.64. The molecule has 1 aliphatic rings. The molecule has 1 saturated heterocycles. The van der Waals surface area contributed by atoms with Crippen molar-refractivity contribution < 1.29 is 9.53 Å². The summed E-state index contributed by atoms with van der Waals surface area (Å²) in [5, 5.41) is 4.35. The Morgan fingerprint density at radius 3 is 2.81 bits per heavy atom. The molecule has 3 rings (SSSR count). The van der Waals surface area contributed by atoms with E-state index in [0.29, 0.717) is 23.9 Å². The second-order valence-electron chi connectivity index (χ2n) is 6.03. The lowest BCUT2D eigenvalue weighted by molar-refractivity contribution is -0.117. The molecule has 9 heteroatoms. The molecule has 26 heavy (non-hydrogen) atoms. The maximum Gasteiger partial charge on any atom is 0.238 e. The zero-order valence-corrected chi connectivity index (χ0v) is 16.2. The summed E-state index contributed by atoms with van der Waals surface area (Å²) in [6.07, 6.45) is 0.731. The van der Waals surface area contributed by atoms with Gasteiger partial charge in [-0.1, -0.05) is 23.7 Å². The molecule has 1 fully saturated rings. The second kappa shape index (κ2) is 9.27. The van der Waals surface area contributed by atoms with Gasteiger partial charge in [-0.25, -0.2) is 4.98 Å². The van der Waals surface area contributed by atoms with Crippen LogP contribution in [0.4, 0.5) is 10.8 Å². The fourth-order valence-electron chi connectivity index (χ4n) is 2.72. The topological polar surface area (TPSA) is 70.6 Å². The first-order valence-electron chi connectivity index (χ1n) is 8.49. The van der Waals surface area contributed by atoms with Crippen molar-refractivity contribution in [3.8, 4) is 0 Å². The number of amides is 1. The predicted molar refractivity (Wildman–Crippen MR) is 104 cm³/mol. The van der Waals surface area contributed by atoms with Crippen LogP contribution in [0.2, 0.25) is 5.02 Å². The molecule has 0 spiro atoms. The Kier molecular flexibility index (Phi) is 6.79. The van der Waals surface area contributed by atoms with E-state index < -0.39 is 0 Å². The molecule has 0 bridgehead atoms. The van der Waals surface area contributed by atoms with Gasteiger partial charge in [0.05, 0.1) is 23.9 Å². The van der Waals surface area contributed by atoms with Gasteiger partial charge in [-0.2, -0.15) is 4.37 Å². The standard InChI is InChI=1S/C17H22ClN5O2S/c1-25-11-6-15-20-17(26-21-15)23-9-7-22(8-10-23)12-16(24)19-14-5-3-2-4-13(14)18/h2-5H,6-12H2,1H3,(H,19,24). The number of methoxy groups -OCH3 is 1. The molecule has 1 aromatic carbocycles. The Bertz CT molecular complexity index is 733. The number of carbonyl (C=O) groups is 1. The minimum absolute atomic E-state index is 0.0516. The third-order valence-electron chi connectivity index (χ3n) is 4.15. The van der Waals surface area contributed by atoms with Gasteiger partial charge in [-0.3, -0.25) is 9.69 Å². The molecule has 1 aromatic heterocycles. The first kappa shape index (κ1) is 19.0. The molecule has 2 aromatic rings. The molecule has 0 saturated carbocycles. The Hall–Kier alpha value is -1.74. The summed E-state index contributed by atoms with van der Waals surface area (Å²) in [6.45, 7) is 4.27. The number of hydrogen-bond acceptors (Lipinski definition) is 7. The lowest BCUT2D eigenvalue weighted by Gasteiger charge is -2.33. The molecule has 0 radical (unpaired) electrons. The largest absolute Gasteiger partial charge is 0.384 e. The lowest BCUT2D eigenvalue weighted by atomic mass is 10.3. The number of ether oxygens (including phenoxy) is 1. The summed E-state index contributed by atoms with van der Waals surface area (Å²) in [4.78, 5) is 21.1. The van der Waals surface area contributed by atoms with Gasteiger partial charge >= 0.3 is 0 Å². The lowest BCUT2D eigenvalue weighted by Crippen LogP contribution is -2.48. The molecule has 2 heterocycles. The summed E-state index contributed by atoms with van der Waals surface area (Å²) < 4.78 is 9.43. The first-order chi connectivity index (χ1) is 12.7. The highest BCUT2D eigenvalue weighted by atomic mass is 35.5. The highest BCUT2D eigenvalue weighted by Gasteiger charge is 2.21. The number of nitrogens with zero attached hydrogens (tertiary/aromatic N) is 4. The third-order valence-corrected chi connectivity index (χ3v) is 5.29. The normalized spacial score (nSPS) is 15.2. The molecule has 0 unspecified atom stereocenters. The van der Waals surface area contributed by atoms with Crippen LogP contribution < -0.4 is 10.2 Å². The SMILES string of the molecule is COCCc1nsc(N2CCN(CC(=O)Nc3ccccc3Cl)CC2)n1. The van der Waals surface area contributed by atoms with Crippen LogP contribution in [0.5, 0.6) is 0 Å². The number of carbonyl (C=O) groups excluding carboxylic acids is 1. The van der Waals surface area contributed by atoms with Crippen molar-refractivity contribution in [2.45, 2.75) is 6.42 Å². The number of nitrogens with one attached hydrogen (secondary N) is 1. The molecule has 140 valence electrons. The van der Waals surface area contributed by atoms with Crippen molar-refractivity contribution in [3.05, 3.63) is 35.1 Å². The summed E-state index contributed by atoms with van der Waals surface area (Å²) in [5.41, 5.74) is 0.648. The van der Waals surface area contributed by atoms with Crippen molar-refractivity contribution in [2.24, 2.45) is 0 Å². The Morgan fingerprint density at radius 1 is 1.31 bits per heavy atom. The Labute approximate surface area is 162 Å². The number of piperazine rings is 1. The zero-order chi connectivity index (χ0) is 18.4. The number of hydrogen-bond donors (Lipinski definition) is 1. The van der Waals surface area contributed by atoms with Gasteiger partial charge < -0.3 is 15.0 Å². The van der Waals surface area contributed by atoms with Gasteiger partial charge in [-0.05, 0) is 12.1 Å². The molecule has 1 aliphatic heterocycles.